The first-order valence-corrected chi connectivity index (χ1v) is 7.96. The summed E-state index contributed by atoms with van der Waals surface area (Å²) >= 11 is 0. The van der Waals surface area contributed by atoms with Gasteiger partial charge in [-0.25, -0.2) is 0 Å². The second-order valence-electron chi connectivity index (χ2n) is 6.19. The Kier molecular flexibility index (Phi) is 4.78. The van der Waals surface area contributed by atoms with Crippen molar-refractivity contribution in [3.05, 3.63) is 29.3 Å². The fourth-order valence-electron chi connectivity index (χ4n) is 3.42. The number of methoxy groups -OCH3 is 1. The van der Waals surface area contributed by atoms with Gasteiger partial charge in [0.05, 0.1) is 19.8 Å². The van der Waals surface area contributed by atoms with Crippen LogP contribution in [0, 0.1) is 6.92 Å². The second kappa shape index (κ2) is 6.77. The lowest BCUT2D eigenvalue weighted by Crippen LogP contribution is -2.49. The van der Waals surface area contributed by atoms with Crippen LogP contribution in [-0.2, 0) is 11.3 Å². The number of nitrogens with zero attached hydrogens (tertiary/aromatic N) is 1. The van der Waals surface area contributed by atoms with Crippen molar-refractivity contribution in [2.24, 2.45) is 0 Å². The van der Waals surface area contributed by atoms with Crippen molar-refractivity contribution >= 4 is 0 Å². The number of nitrogens with one attached hydrogen (secondary N) is 1. The van der Waals surface area contributed by atoms with Crippen molar-refractivity contribution in [2.75, 3.05) is 33.4 Å². The summed E-state index contributed by atoms with van der Waals surface area (Å²) in [5.41, 5.74) is 2.48. The van der Waals surface area contributed by atoms with Crippen molar-refractivity contribution in [1.29, 1.82) is 0 Å². The molecule has 2 fully saturated rings. The van der Waals surface area contributed by atoms with Crippen molar-refractivity contribution in [3.8, 4) is 5.75 Å². The molecule has 2 aliphatic rings. The molecule has 0 radical (unpaired) electrons. The van der Waals surface area contributed by atoms with Crippen LogP contribution in [0.4, 0.5) is 0 Å². The Morgan fingerprint density at radius 3 is 3.19 bits per heavy atom. The number of morpholine rings is 1. The minimum absolute atomic E-state index is 0.315. The topological polar surface area (TPSA) is 33.7 Å². The molecule has 0 spiro atoms. The summed E-state index contributed by atoms with van der Waals surface area (Å²) in [5.74, 6) is 0.956. The number of benzene rings is 1. The molecule has 2 atom stereocenters. The van der Waals surface area contributed by atoms with Crippen LogP contribution in [0.1, 0.15) is 24.0 Å². The molecule has 1 aromatic rings. The molecule has 4 nitrogen and oxygen atoms in total. The van der Waals surface area contributed by atoms with Gasteiger partial charge in [0, 0.05) is 31.2 Å². The molecule has 0 amide bonds. The Morgan fingerprint density at radius 1 is 1.43 bits per heavy atom. The highest BCUT2D eigenvalue weighted by molar-refractivity contribution is 5.36. The third kappa shape index (κ3) is 3.57. The summed E-state index contributed by atoms with van der Waals surface area (Å²) < 4.78 is 11.4. The zero-order valence-corrected chi connectivity index (χ0v) is 13.1. The largest absolute Gasteiger partial charge is 0.496 e. The number of ether oxygens (including phenoxy) is 2. The summed E-state index contributed by atoms with van der Waals surface area (Å²) in [4.78, 5) is 2.59. The number of hydrogen-bond acceptors (Lipinski definition) is 4. The zero-order chi connectivity index (χ0) is 14.7. The molecule has 116 valence electrons. The fraction of sp³-hybridized carbons (Fsp3) is 0.647. The molecule has 4 heteroatoms. The fourth-order valence-corrected chi connectivity index (χ4v) is 3.42. The quantitative estimate of drug-likeness (QED) is 0.899. The average Bonchev–Trinajstić information content (AvgIpc) is 2.95. The van der Waals surface area contributed by atoms with E-state index in [-0.39, 0.29) is 0 Å². The van der Waals surface area contributed by atoms with Crippen LogP contribution in [0.3, 0.4) is 0 Å². The molecule has 0 aromatic heterocycles. The van der Waals surface area contributed by atoms with Gasteiger partial charge in [-0.05, 0) is 32.4 Å². The van der Waals surface area contributed by atoms with Crippen LogP contribution < -0.4 is 10.1 Å². The van der Waals surface area contributed by atoms with E-state index in [0.717, 1.165) is 32.0 Å². The van der Waals surface area contributed by atoms with E-state index < -0.39 is 0 Å². The van der Waals surface area contributed by atoms with Crippen LogP contribution in [0.2, 0.25) is 0 Å². The first-order chi connectivity index (χ1) is 10.3. The van der Waals surface area contributed by atoms with E-state index in [4.69, 9.17) is 9.47 Å². The molecule has 2 aliphatic heterocycles. The van der Waals surface area contributed by atoms with Crippen LogP contribution >= 0.6 is 0 Å². The maximum absolute atomic E-state index is 5.97. The maximum atomic E-state index is 5.97. The van der Waals surface area contributed by atoms with Gasteiger partial charge in [-0.3, -0.25) is 4.90 Å². The van der Waals surface area contributed by atoms with Gasteiger partial charge in [-0.15, -0.1) is 0 Å². The Morgan fingerprint density at radius 2 is 2.33 bits per heavy atom. The Balaban J connectivity index is 1.49. The average molecular weight is 290 g/mol. The first kappa shape index (κ1) is 14.8. The van der Waals surface area contributed by atoms with Crippen molar-refractivity contribution in [2.45, 2.75) is 38.5 Å². The second-order valence-corrected chi connectivity index (χ2v) is 6.19. The van der Waals surface area contributed by atoms with E-state index in [0.29, 0.717) is 12.1 Å². The third-order valence-corrected chi connectivity index (χ3v) is 4.58. The van der Waals surface area contributed by atoms with Crippen LogP contribution in [-0.4, -0.2) is 50.4 Å². The number of rotatable bonds is 5. The molecule has 0 aliphatic carbocycles. The summed E-state index contributed by atoms with van der Waals surface area (Å²) in [6, 6.07) is 6.99. The lowest BCUT2D eigenvalue weighted by molar-refractivity contribution is -0.0470. The summed E-state index contributed by atoms with van der Waals surface area (Å²) in [6.45, 7) is 7.06. The van der Waals surface area contributed by atoms with Crippen molar-refractivity contribution < 1.29 is 9.47 Å². The van der Waals surface area contributed by atoms with E-state index >= 15 is 0 Å². The molecular weight excluding hydrogens is 264 g/mol. The summed E-state index contributed by atoms with van der Waals surface area (Å²) in [5, 5.41) is 3.52. The maximum Gasteiger partial charge on any atom is 0.123 e. The monoisotopic (exact) mass is 290 g/mol. The number of aryl methyl sites for hydroxylation is 1. The van der Waals surface area contributed by atoms with E-state index in [1.54, 1.807) is 7.11 Å². The highest BCUT2D eigenvalue weighted by Crippen LogP contribution is 2.23. The van der Waals surface area contributed by atoms with Crippen LogP contribution in [0.15, 0.2) is 18.2 Å². The molecule has 3 rings (SSSR count). The summed E-state index contributed by atoms with van der Waals surface area (Å²) in [6.07, 6.45) is 2.95. The van der Waals surface area contributed by atoms with Gasteiger partial charge in [-0.2, -0.15) is 0 Å². The third-order valence-electron chi connectivity index (χ3n) is 4.58. The SMILES string of the molecule is COc1ccc(C)cc1CNCC1CN2CCCC2CO1. The van der Waals surface area contributed by atoms with Crippen molar-refractivity contribution in [3.63, 3.8) is 0 Å². The Labute approximate surface area is 127 Å². The molecule has 2 heterocycles. The first-order valence-electron chi connectivity index (χ1n) is 7.96. The van der Waals surface area contributed by atoms with E-state index in [2.05, 4.69) is 29.3 Å². The van der Waals surface area contributed by atoms with Gasteiger partial charge in [0.1, 0.15) is 5.75 Å². The van der Waals surface area contributed by atoms with Gasteiger partial charge in [-0.1, -0.05) is 17.7 Å². The van der Waals surface area contributed by atoms with Gasteiger partial charge in [0.2, 0.25) is 0 Å². The normalized spacial score (nSPS) is 25.8. The van der Waals surface area contributed by atoms with Gasteiger partial charge >= 0.3 is 0 Å². The van der Waals surface area contributed by atoms with E-state index in [9.17, 15) is 0 Å². The molecule has 0 bridgehead atoms. The minimum Gasteiger partial charge on any atom is -0.496 e. The molecule has 2 saturated heterocycles. The van der Waals surface area contributed by atoms with Gasteiger partial charge in [0.25, 0.3) is 0 Å². The standard InChI is InChI=1S/C17H26N2O2/c1-13-5-6-17(20-2)14(8-13)9-18-10-16-11-19-7-3-4-15(19)12-21-16/h5-6,8,15-16,18H,3-4,7,9-12H2,1-2H3. The Hall–Kier alpha value is -1.10. The highest BCUT2D eigenvalue weighted by Gasteiger charge is 2.31. The minimum atomic E-state index is 0.315. The molecule has 21 heavy (non-hydrogen) atoms. The lowest BCUT2D eigenvalue weighted by Gasteiger charge is -2.35. The predicted octanol–water partition coefficient (Wildman–Crippen LogP) is 1.96. The van der Waals surface area contributed by atoms with E-state index in [1.165, 1.54) is 30.5 Å². The predicted molar refractivity (Wildman–Crippen MR) is 83.8 cm³/mol. The zero-order valence-electron chi connectivity index (χ0n) is 13.1. The van der Waals surface area contributed by atoms with Gasteiger partial charge in [0.15, 0.2) is 0 Å². The number of hydrogen-bond donors (Lipinski definition) is 1. The molecule has 1 aromatic carbocycles. The van der Waals surface area contributed by atoms with Crippen molar-refractivity contribution in [1.82, 2.24) is 10.2 Å². The molecule has 1 N–H and O–H groups in total. The number of fused-ring (bicyclic) bond motifs is 1. The smallest absolute Gasteiger partial charge is 0.123 e. The molecular formula is C17H26N2O2. The highest BCUT2D eigenvalue weighted by atomic mass is 16.5. The molecule has 2 unspecified atom stereocenters. The molecule has 0 saturated carbocycles. The lowest BCUT2D eigenvalue weighted by atomic mass is 10.1. The van der Waals surface area contributed by atoms with E-state index in [1.807, 2.05) is 6.07 Å². The van der Waals surface area contributed by atoms with Crippen LogP contribution in [0.25, 0.3) is 0 Å². The van der Waals surface area contributed by atoms with Gasteiger partial charge < -0.3 is 14.8 Å². The van der Waals surface area contributed by atoms with Crippen LogP contribution in [0.5, 0.6) is 5.75 Å². The Bertz CT molecular complexity index is 478. The summed E-state index contributed by atoms with van der Waals surface area (Å²) in [7, 11) is 1.73.